The Labute approximate surface area is 200 Å². The van der Waals surface area contributed by atoms with E-state index in [4.69, 9.17) is 9.72 Å². The number of guanidine groups is 1. The number of hydrogen-bond donors (Lipinski definition) is 1. The molecule has 1 saturated heterocycles. The van der Waals surface area contributed by atoms with E-state index in [1.54, 1.807) is 0 Å². The summed E-state index contributed by atoms with van der Waals surface area (Å²) in [6.07, 6.45) is 3.88. The average Bonchev–Trinajstić information content (AvgIpc) is 3.20. The van der Waals surface area contributed by atoms with E-state index in [0.29, 0.717) is 13.2 Å². The Kier molecular flexibility index (Phi) is 7.71. The zero-order chi connectivity index (χ0) is 21.1. The van der Waals surface area contributed by atoms with Gasteiger partial charge in [-0.1, -0.05) is 18.2 Å². The van der Waals surface area contributed by atoms with Crippen molar-refractivity contribution in [2.45, 2.75) is 12.6 Å². The van der Waals surface area contributed by atoms with Gasteiger partial charge in [-0.2, -0.15) is 5.10 Å². The summed E-state index contributed by atoms with van der Waals surface area (Å²) >= 11 is 0. The van der Waals surface area contributed by atoms with Crippen LogP contribution in [0.3, 0.4) is 0 Å². The van der Waals surface area contributed by atoms with Crippen LogP contribution in [0, 0.1) is 0 Å². The Hall–Kier alpha value is -2.40. The van der Waals surface area contributed by atoms with Gasteiger partial charge in [0.2, 0.25) is 0 Å². The number of para-hydroxylation sites is 1. The molecule has 1 aromatic carbocycles. The maximum absolute atomic E-state index is 5.97. The minimum atomic E-state index is -0.00639. The lowest BCUT2D eigenvalue weighted by Gasteiger charge is -2.34. The van der Waals surface area contributed by atoms with Gasteiger partial charge in [-0.25, -0.2) is 4.98 Å². The van der Waals surface area contributed by atoms with Gasteiger partial charge in [-0.3, -0.25) is 9.67 Å². The number of nitrogens with zero attached hydrogens (tertiary/aromatic N) is 6. The first kappa shape index (κ1) is 23.3. The van der Waals surface area contributed by atoms with Crippen molar-refractivity contribution in [1.29, 1.82) is 0 Å². The molecule has 1 aliphatic rings. The van der Waals surface area contributed by atoms with Crippen molar-refractivity contribution < 1.29 is 4.74 Å². The predicted molar refractivity (Wildman–Crippen MR) is 135 cm³/mol. The average molecular weight is 535 g/mol. The van der Waals surface area contributed by atoms with Crippen LogP contribution < -0.4 is 10.2 Å². The summed E-state index contributed by atoms with van der Waals surface area (Å²) in [5.74, 6) is 1.82. The van der Waals surface area contributed by atoms with E-state index in [1.807, 2.05) is 56.2 Å². The fraction of sp³-hybridized carbons (Fsp3) is 0.409. The second kappa shape index (κ2) is 10.3. The number of rotatable bonds is 4. The third-order valence-electron chi connectivity index (χ3n) is 5.36. The molecule has 1 atom stereocenters. The number of morpholine rings is 1. The van der Waals surface area contributed by atoms with Crippen LogP contribution in [-0.4, -0.2) is 66.5 Å². The molecule has 0 spiro atoms. The van der Waals surface area contributed by atoms with Gasteiger partial charge in [0.05, 0.1) is 24.9 Å². The minimum Gasteiger partial charge on any atom is -0.370 e. The van der Waals surface area contributed by atoms with E-state index in [9.17, 15) is 0 Å². The molecule has 166 valence electrons. The fourth-order valence-corrected chi connectivity index (χ4v) is 3.76. The number of benzene rings is 1. The Balaban J connectivity index is 0.00000272. The van der Waals surface area contributed by atoms with E-state index in [-0.39, 0.29) is 30.1 Å². The first-order valence-electron chi connectivity index (χ1n) is 10.2. The zero-order valence-electron chi connectivity index (χ0n) is 18.4. The van der Waals surface area contributed by atoms with E-state index in [0.717, 1.165) is 41.3 Å². The molecule has 3 aromatic rings. The number of hydrogen-bond acceptors (Lipinski definition) is 5. The molecule has 1 fully saturated rings. The number of aliphatic imine (C=N–C) groups is 1. The van der Waals surface area contributed by atoms with Crippen LogP contribution in [0.1, 0.15) is 17.2 Å². The number of aromatic nitrogens is 3. The topological polar surface area (TPSA) is 70.8 Å². The summed E-state index contributed by atoms with van der Waals surface area (Å²) in [7, 11) is 7.78. The summed E-state index contributed by atoms with van der Waals surface area (Å²) in [5, 5.41) is 8.97. The quantitative estimate of drug-likeness (QED) is 0.315. The molecule has 31 heavy (non-hydrogen) atoms. The highest BCUT2D eigenvalue weighted by molar-refractivity contribution is 14.0. The van der Waals surface area contributed by atoms with Crippen LogP contribution in [0.4, 0.5) is 5.82 Å². The van der Waals surface area contributed by atoms with Gasteiger partial charge in [-0.15, -0.1) is 24.0 Å². The Morgan fingerprint density at radius 1 is 1.32 bits per heavy atom. The van der Waals surface area contributed by atoms with Crippen LogP contribution >= 0.6 is 24.0 Å². The van der Waals surface area contributed by atoms with Crippen molar-refractivity contribution >= 4 is 46.7 Å². The largest absolute Gasteiger partial charge is 0.370 e. The van der Waals surface area contributed by atoms with Crippen molar-refractivity contribution in [2.24, 2.45) is 12.0 Å². The highest BCUT2D eigenvalue weighted by Gasteiger charge is 2.25. The smallest absolute Gasteiger partial charge is 0.194 e. The van der Waals surface area contributed by atoms with E-state index >= 15 is 0 Å². The van der Waals surface area contributed by atoms with Gasteiger partial charge >= 0.3 is 0 Å². The molecule has 0 radical (unpaired) electrons. The lowest BCUT2D eigenvalue weighted by molar-refractivity contribution is -0.00805. The van der Waals surface area contributed by atoms with Crippen LogP contribution in [-0.2, 0) is 18.3 Å². The van der Waals surface area contributed by atoms with Crippen LogP contribution in [0.5, 0.6) is 0 Å². The van der Waals surface area contributed by atoms with E-state index in [1.165, 1.54) is 5.56 Å². The van der Waals surface area contributed by atoms with Gasteiger partial charge < -0.3 is 19.9 Å². The van der Waals surface area contributed by atoms with E-state index in [2.05, 4.69) is 44.6 Å². The third kappa shape index (κ3) is 5.27. The molecule has 1 N–H and O–H groups in total. The second-order valence-electron chi connectivity index (χ2n) is 7.70. The zero-order valence-corrected chi connectivity index (χ0v) is 20.8. The Bertz CT molecular complexity index is 1050. The van der Waals surface area contributed by atoms with Gasteiger partial charge in [0, 0.05) is 58.4 Å². The lowest BCUT2D eigenvalue weighted by Crippen LogP contribution is -2.47. The first-order chi connectivity index (χ1) is 14.5. The summed E-state index contributed by atoms with van der Waals surface area (Å²) in [5.41, 5.74) is 3.29. The summed E-state index contributed by atoms with van der Waals surface area (Å²) in [4.78, 5) is 13.6. The molecule has 0 saturated carbocycles. The molecule has 1 unspecified atom stereocenters. The molecule has 0 bridgehead atoms. The molecular formula is C22H30IN7O. The molecule has 0 aliphatic carbocycles. The minimum absolute atomic E-state index is 0. The highest BCUT2D eigenvalue weighted by Crippen LogP contribution is 2.23. The molecule has 2 aromatic heterocycles. The van der Waals surface area contributed by atoms with Gasteiger partial charge in [0.15, 0.2) is 5.96 Å². The fourth-order valence-electron chi connectivity index (χ4n) is 3.76. The molecule has 1 aliphatic heterocycles. The molecule has 9 heteroatoms. The normalized spacial score (nSPS) is 16.8. The monoisotopic (exact) mass is 535 g/mol. The third-order valence-corrected chi connectivity index (χ3v) is 5.36. The molecule has 3 heterocycles. The second-order valence-corrected chi connectivity index (χ2v) is 7.70. The molecule has 8 nitrogen and oxygen atoms in total. The van der Waals surface area contributed by atoms with Gasteiger partial charge in [0.1, 0.15) is 11.9 Å². The van der Waals surface area contributed by atoms with Gasteiger partial charge in [-0.05, 0) is 17.7 Å². The van der Waals surface area contributed by atoms with Crippen molar-refractivity contribution in [3.8, 4) is 0 Å². The number of halogens is 1. The Morgan fingerprint density at radius 3 is 2.84 bits per heavy atom. The van der Waals surface area contributed by atoms with Gasteiger partial charge in [0.25, 0.3) is 0 Å². The van der Waals surface area contributed by atoms with Crippen molar-refractivity contribution in [3.05, 3.63) is 53.9 Å². The molecular weight excluding hydrogens is 505 g/mol. The molecule has 0 amide bonds. The van der Waals surface area contributed by atoms with Crippen LogP contribution in [0.25, 0.3) is 10.9 Å². The number of fused-ring (bicyclic) bond motifs is 1. The van der Waals surface area contributed by atoms with Crippen LogP contribution in [0.2, 0.25) is 0 Å². The van der Waals surface area contributed by atoms with E-state index < -0.39 is 0 Å². The number of nitrogens with one attached hydrogen (secondary N) is 1. The highest BCUT2D eigenvalue weighted by atomic mass is 127. The van der Waals surface area contributed by atoms with Crippen molar-refractivity contribution in [1.82, 2.24) is 25.0 Å². The van der Waals surface area contributed by atoms with Crippen molar-refractivity contribution in [2.75, 3.05) is 45.7 Å². The van der Waals surface area contributed by atoms with Crippen molar-refractivity contribution in [3.63, 3.8) is 0 Å². The molecule has 4 rings (SSSR count). The number of aryl methyl sites for hydroxylation is 1. The number of anilines is 1. The summed E-state index contributed by atoms with van der Waals surface area (Å²) < 4.78 is 7.78. The first-order valence-corrected chi connectivity index (χ1v) is 10.2. The van der Waals surface area contributed by atoms with Crippen LogP contribution in [0.15, 0.2) is 47.7 Å². The number of pyridine rings is 1. The summed E-state index contributed by atoms with van der Waals surface area (Å²) in [6, 6.07) is 10.4. The summed E-state index contributed by atoms with van der Waals surface area (Å²) in [6.45, 7) is 2.87. The standard InChI is InChI=1S/C22H29N7O.HI/c1-23-22(29-9-10-30-20(15-29)17-13-25-28(4)14-17)24-12-16-11-21(27(2)3)26-19-8-6-5-7-18(16)19;/h5-8,11,13-14,20H,9-10,12,15H2,1-4H3,(H,23,24);1H. The number of ether oxygens (including phenoxy) is 1. The maximum Gasteiger partial charge on any atom is 0.194 e. The Morgan fingerprint density at radius 2 is 2.13 bits per heavy atom. The SMILES string of the molecule is CN=C(NCc1cc(N(C)C)nc2ccccc12)N1CCOC(c2cnn(C)c2)C1.I. The predicted octanol–water partition coefficient (Wildman–Crippen LogP) is 2.80. The lowest BCUT2D eigenvalue weighted by atomic mass is 10.1. The maximum atomic E-state index is 5.97.